The first-order chi connectivity index (χ1) is 12.7. The number of halogens is 1. The van der Waals surface area contributed by atoms with E-state index in [0.717, 1.165) is 5.56 Å². The van der Waals surface area contributed by atoms with Crippen LogP contribution in [0.5, 0.6) is 5.75 Å². The van der Waals surface area contributed by atoms with E-state index in [2.05, 4.69) is 5.32 Å². The Morgan fingerprint density at radius 1 is 1.15 bits per heavy atom. The molecule has 2 aliphatic rings. The second-order valence-corrected chi connectivity index (χ2v) is 6.25. The number of carbonyl (C=O) groups is 1. The molecule has 1 fully saturated rings. The fourth-order valence-corrected chi connectivity index (χ4v) is 3.30. The zero-order valence-corrected chi connectivity index (χ0v) is 14.0. The van der Waals surface area contributed by atoms with Gasteiger partial charge >= 0.3 is 0 Å². The number of nitrogens with zero attached hydrogens (tertiary/aromatic N) is 3. The van der Waals surface area contributed by atoms with Gasteiger partial charge in [-0.3, -0.25) is 4.79 Å². The van der Waals surface area contributed by atoms with Gasteiger partial charge in [-0.05, 0) is 30.3 Å². The van der Waals surface area contributed by atoms with E-state index in [0.29, 0.717) is 55.3 Å². The second-order valence-electron chi connectivity index (χ2n) is 6.25. The van der Waals surface area contributed by atoms with Gasteiger partial charge in [-0.2, -0.15) is 5.26 Å². The van der Waals surface area contributed by atoms with Gasteiger partial charge in [-0.25, -0.2) is 4.39 Å². The summed E-state index contributed by atoms with van der Waals surface area (Å²) in [6.45, 7) is 2.89. The SMILES string of the molecule is N#Cc1ccc(N2CCN(Oc3cccc4c3CNC4=O)CC2)c(F)c1. The Kier molecular flexibility index (Phi) is 4.19. The summed E-state index contributed by atoms with van der Waals surface area (Å²) in [5.41, 5.74) is 2.34. The molecule has 0 unspecified atom stereocenters. The first-order valence-electron chi connectivity index (χ1n) is 8.43. The van der Waals surface area contributed by atoms with Gasteiger partial charge in [0.2, 0.25) is 0 Å². The van der Waals surface area contributed by atoms with Gasteiger partial charge in [0.05, 0.1) is 30.4 Å². The lowest BCUT2D eigenvalue weighted by molar-refractivity contribution is -0.0627. The Balaban J connectivity index is 1.42. The van der Waals surface area contributed by atoms with E-state index in [4.69, 9.17) is 10.1 Å². The van der Waals surface area contributed by atoms with Crippen LogP contribution in [0.3, 0.4) is 0 Å². The molecule has 132 valence electrons. The molecular formula is C19H17FN4O2. The van der Waals surface area contributed by atoms with Crippen LogP contribution < -0.4 is 15.1 Å². The molecule has 0 bridgehead atoms. The van der Waals surface area contributed by atoms with Crippen molar-refractivity contribution in [3.63, 3.8) is 0 Å². The van der Waals surface area contributed by atoms with Crippen LogP contribution in [0.15, 0.2) is 36.4 Å². The summed E-state index contributed by atoms with van der Waals surface area (Å²) < 4.78 is 14.2. The van der Waals surface area contributed by atoms with Crippen LogP contribution >= 0.6 is 0 Å². The van der Waals surface area contributed by atoms with E-state index in [-0.39, 0.29) is 11.7 Å². The maximum Gasteiger partial charge on any atom is 0.252 e. The van der Waals surface area contributed by atoms with Gasteiger partial charge in [0.15, 0.2) is 5.75 Å². The van der Waals surface area contributed by atoms with Crippen molar-refractivity contribution in [2.75, 3.05) is 31.1 Å². The normalized spacial score (nSPS) is 16.8. The lowest BCUT2D eigenvalue weighted by Gasteiger charge is -2.35. The third-order valence-corrected chi connectivity index (χ3v) is 4.69. The predicted molar refractivity (Wildman–Crippen MR) is 93.1 cm³/mol. The molecule has 0 aliphatic carbocycles. The number of fused-ring (bicyclic) bond motifs is 1. The topological polar surface area (TPSA) is 68.6 Å². The summed E-state index contributed by atoms with van der Waals surface area (Å²) in [7, 11) is 0. The number of anilines is 1. The molecule has 2 aromatic rings. The minimum absolute atomic E-state index is 0.0773. The Morgan fingerprint density at radius 3 is 2.69 bits per heavy atom. The molecule has 2 aromatic carbocycles. The lowest BCUT2D eigenvalue weighted by atomic mass is 10.1. The van der Waals surface area contributed by atoms with E-state index in [1.807, 2.05) is 22.1 Å². The van der Waals surface area contributed by atoms with Gasteiger partial charge in [-0.15, -0.1) is 5.06 Å². The number of rotatable bonds is 3. The minimum atomic E-state index is -0.385. The quantitative estimate of drug-likeness (QED) is 0.916. The summed E-state index contributed by atoms with van der Waals surface area (Å²) >= 11 is 0. The van der Waals surface area contributed by atoms with Gasteiger partial charge in [0, 0.05) is 30.8 Å². The summed E-state index contributed by atoms with van der Waals surface area (Å²) in [5.74, 6) is 0.217. The minimum Gasteiger partial charge on any atom is -0.405 e. The number of benzene rings is 2. The first-order valence-corrected chi connectivity index (χ1v) is 8.43. The smallest absolute Gasteiger partial charge is 0.252 e. The van der Waals surface area contributed by atoms with E-state index < -0.39 is 0 Å². The molecule has 2 heterocycles. The molecule has 1 N–H and O–H groups in total. The van der Waals surface area contributed by atoms with Crippen molar-refractivity contribution in [3.8, 4) is 11.8 Å². The number of hydrogen-bond donors (Lipinski definition) is 1. The number of amides is 1. The molecule has 1 saturated heterocycles. The predicted octanol–water partition coefficient (Wildman–Crippen LogP) is 2.06. The number of hydroxylamine groups is 2. The van der Waals surface area contributed by atoms with Gasteiger partial charge in [0.1, 0.15) is 5.82 Å². The van der Waals surface area contributed by atoms with Crippen molar-refractivity contribution < 1.29 is 14.0 Å². The summed E-state index contributed by atoms with van der Waals surface area (Å²) in [4.78, 5) is 19.7. The van der Waals surface area contributed by atoms with Crippen LogP contribution in [-0.4, -0.2) is 37.1 Å². The standard InChI is InChI=1S/C19H17FN4O2/c20-16-10-13(11-21)4-5-17(16)23-6-8-24(9-7-23)26-18-3-1-2-14-15(18)12-22-19(14)25/h1-5,10H,6-9,12H2,(H,22,25). The molecule has 0 radical (unpaired) electrons. The molecule has 4 rings (SSSR count). The molecule has 6 nitrogen and oxygen atoms in total. The van der Waals surface area contributed by atoms with E-state index in [1.165, 1.54) is 6.07 Å². The van der Waals surface area contributed by atoms with Crippen molar-refractivity contribution in [1.82, 2.24) is 10.4 Å². The van der Waals surface area contributed by atoms with Crippen LogP contribution in [0.25, 0.3) is 0 Å². The van der Waals surface area contributed by atoms with Crippen LogP contribution in [0, 0.1) is 17.1 Å². The molecular weight excluding hydrogens is 335 g/mol. The van der Waals surface area contributed by atoms with E-state index >= 15 is 0 Å². The van der Waals surface area contributed by atoms with Crippen molar-refractivity contribution in [2.45, 2.75) is 6.54 Å². The largest absolute Gasteiger partial charge is 0.405 e. The van der Waals surface area contributed by atoms with E-state index in [1.54, 1.807) is 24.3 Å². The van der Waals surface area contributed by atoms with Crippen molar-refractivity contribution in [1.29, 1.82) is 5.26 Å². The number of nitrogens with one attached hydrogen (secondary N) is 1. The Morgan fingerprint density at radius 2 is 1.96 bits per heavy atom. The van der Waals surface area contributed by atoms with Crippen LogP contribution in [0.4, 0.5) is 10.1 Å². The van der Waals surface area contributed by atoms with Crippen molar-refractivity contribution in [3.05, 3.63) is 58.9 Å². The Bertz CT molecular complexity index is 901. The number of piperazine rings is 1. The van der Waals surface area contributed by atoms with E-state index in [9.17, 15) is 9.18 Å². The molecule has 0 spiro atoms. The van der Waals surface area contributed by atoms with Crippen LogP contribution in [-0.2, 0) is 6.54 Å². The highest BCUT2D eigenvalue weighted by Crippen LogP contribution is 2.28. The molecule has 1 amide bonds. The summed E-state index contributed by atoms with van der Waals surface area (Å²) in [6.07, 6.45) is 0. The summed E-state index contributed by atoms with van der Waals surface area (Å²) in [5, 5.41) is 13.5. The third kappa shape index (κ3) is 2.95. The average molecular weight is 352 g/mol. The fourth-order valence-electron chi connectivity index (χ4n) is 3.30. The van der Waals surface area contributed by atoms with Crippen molar-refractivity contribution in [2.24, 2.45) is 0 Å². The molecule has 7 heteroatoms. The second kappa shape index (κ2) is 6.65. The zero-order valence-electron chi connectivity index (χ0n) is 14.0. The zero-order chi connectivity index (χ0) is 18.1. The average Bonchev–Trinajstić information content (AvgIpc) is 3.05. The monoisotopic (exact) mass is 352 g/mol. The Labute approximate surface area is 150 Å². The van der Waals surface area contributed by atoms with Gasteiger partial charge in [-0.1, -0.05) is 6.07 Å². The molecule has 0 atom stereocenters. The first kappa shape index (κ1) is 16.4. The third-order valence-electron chi connectivity index (χ3n) is 4.69. The molecule has 0 saturated carbocycles. The lowest BCUT2D eigenvalue weighted by Crippen LogP contribution is -2.48. The van der Waals surface area contributed by atoms with Gasteiger partial charge in [0.25, 0.3) is 5.91 Å². The van der Waals surface area contributed by atoms with Crippen molar-refractivity contribution >= 4 is 11.6 Å². The van der Waals surface area contributed by atoms with Crippen LogP contribution in [0.1, 0.15) is 21.5 Å². The molecule has 0 aromatic heterocycles. The highest BCUT2D eigenvalue weighted by atomic mass is 19.1. The number of hydrogen-bond acceptors (Lipinski definition) is 5. The fraction of sp³-hybridized carbons (Fsp3) is 0.263. The van der Waals surface area contributed by atoms with Gasteiger partial charge < -0.3 is 15.1 Å². The maximum atomic E-state index is 14.2. The highest BCUT2D eigenvalue weighted by Gasteiger charge is 2.25. The number of nitriles is 1. The Hall–Kier alpha value is -3.11. The maximum absolute atomic E-state index is 14.2. The molecule has 2 aliphatic heterocycles. The highest BCUT2D eigenvalue weighted by molar-refractivity contribution is 5.99. The van der Waals surface area contributed by atoms with Crippen LogP contribution in [0.2, 0.25) is 0 Å². The number of carbonyl (C=O) groups excluding carboxylic acids is 1. The summed E-state index contributed by atoms with van der Waals surface area (Å²) in [6, 6.07) is 11.9. The molecule has 26 heavy (non-hydrogen) atoms.